The lowest BCUT2D eigenvalue weighted by Gasteiger charge is -2.29. The summed E-state index contributed by atoms with van der Waals surface area (Å²) in [4.78, 5) is 28.6. The molecule has 1 aliphatic rings. The monoisotopic (exact) mass is 401 g/mol. The molecule has 1 aliphatic carbocycles. The molecule has 7 nitrogen and oxygen atoms in total. The molecule has 0 unspecified atom stereocenters. The predicted octanol–water partition coefficient (Wildman–Crippen LogP) is 3.15. The largest absolute Gasteiger partial charge is 0.474 e. The van der Waals surface area contributed by atoms with Crippen molar-refractivity contribution in [2.75, 3.05) is 0 Å². The minimum absolute atomic E-state index is 0.0546. The van der Waals surface area contributed by atoms with E-state index in [4.69, 9.17) is 20.8 Å². The molecule has 1 fully saturated rings. The molecule has 0 atom stereocenters. The number of benzene rings is 1. The molecule has 8 heteroatoms. The van der Waals surface area contributed by atoms with Crippen LogP contribution in [-0.4, -0.2) is 27.6 Å². The lowest BCUT2D eigenvalue weighted by molar-refractivity contribution is -0.122. The van der Waals surface area contributed by atoms with Gasteiger partial charge in [-0.3, -0.25) is 9.36 Å². The minimum atomic E-state index is -0.524. The number of hydrogen-bond donors (Lipinski definition) is 1. The minimum Gasteiger partial charge on any atom is -0.474 e. The van der Waals surface area contributed by atoms with Crippen LogP contribution in [0.4, 0.5) is 0 Å². The molecule has 1 aromatic carbocycles. The Labute approximate surface area is 166 Å². The lowest BCUT2D eigenvalue weighted by atomic mass is 9.93. The average molecular weight is 402 g/mol. The van der Waals surface area contributed by atoms with E-state index in [2.05, 4.69) is 10.3 Å². The first kappa shape index (κ1) is 18.6. The molecule has 0 aliphatic heterocycles. The first-order valence-corrected chi connectivity index (χ1v) is 9.62. The van der Waals surface area contributed by atoms with Crippen molar-refractivity contribution in [3.05, 3.63) is 58.2 Å². The number of halogens is 1. The first-order chi connectivity index (χ1) is 13.6. The van der Waals surface area contributed by atoms with Crippen LogP contribution >= 0.6 is 11.6 Å². The van der Waals surface area contributed by atoms with Gasteiger partial charge in [0, 0.05) is 18.3 Å². The number of carbonyl (C=O) groups excluding carboxylic acids is 1. The smallest absolute Gasteiger partial charge is 0.420 e. The standard InChI is InChI=1S/C20H20ClN3O4/c21-13-5-10-19(22-11-13)27-15-8-6-14(7-9-15)23-18(25)12-24-16-3-1-2-4-17(16)28-20(24)26/h1-5,10-11,14-15H,6-9,12H2,(H,23,25). The molecule has 1 amide bonds. The number of hydrogen-bond acceptors (Lipinski definition) is 5. The summed E-state index contributed by atoms with van der Waals surface area (Å²) in [5.74, 6) is -0.163. The number of ether oxygens (including phenoxy) is 1. The van der Waals surface area contributed by atoms with Crippen LogP contribution in [0.25, 0.3) is 11.1 Å². The number of rotatable bonds is 5. The Hall–Kier alpha value is -2.80. The molecule has 0 bridgehead atoms. The van der Waals surface area contributed by atoms with Crippen molar-refractivity contribution in [1.29, 1.82) is 0 Å². The van der Waals surface area contributed by atoms with Crippen molar-refractivity contribution >= 4 is 28.6 Å². The van der Waals surface area contributed by atoms with Crippen LogP contribution in [0.3, 0.4) is 0 Å². The number of nitrogens with zero attached hydrogens (tertiary/aromatic N) is 2. The molecule has 0 radical (unpaired) electrons. The van der Waals surface area contributed by atoms with Gasteiger partial charge in [-0.1, -0.05) is 23.7 Å². The summed E-state index contributed by atoms with van der Waals surface area (Å²) in [5, 5.41) is 3.58. The van der Waals surface area contributed by atoms with Crippen molar-refractivity contribution in [3.8, 4) is 5.88 Å². The van der Waals surface area contributed by atoms with Crippen LogP contribution in [0.5, 0.6) is 5.88 Å². The molecule has 0 spiro atoms. The number of fused-ring (bicyclic) bond motifs is 1. The van der Waals surface area contributed by atoms with E-state index in [1.54, 1.807) is 36.5 Å². The highest BCUT2D eigenvalue weighted by Crippen LogP contribution is 2.23. The van der Waals surface area contributed by atoms with Crippen molar-refractivity contribution in [2.24, 2.45) is 0 Å². The summed E-state index contributed by atoms with van der Waals surface area (Å²) < 4.78 is 12.4. The van der Waals surface area contributed by atoms with Crippen LogP contribution in [0.2, 0.25) is 5.02 Å². The van der Waals surface area contributed by atoms with Gasteiger partial charge in [0.2, 0.25) is 11.8 Å². The maximum absolute atomic E-state index is 12.4. The van der Waals surface area contributed by atoms with Crippen LogP contribution in [0.1, 0.15) is 25.7 Å². The van der Waals surface area contributed by atoms with Crippen molar-refractivity contribution in [2.45, 2.75) is 44.4 Å². The summed E-state index contributed by atoms with van der Waals surface area (Å²) in [6.45, 7) is -0.0546. The zero-order valence-corrected chi connectivity index (χ0v) is 15.9. The fraction of sp³-hybridized carbons (Fsp3) is 0.350. The number of aromatic nitrogens is 2. The van der Waals surface area contributed by atoms with Crippen molar-refractivity contribution in [1.82, 2.24) is 14.9 Å². The highest BCUT2D eigenvalue weighted by molar-refractivity contribution is 6.30. The van der Waals surface area contributed by atoms with E-state index in [0.717, 1.165) is 25.7 Å². The summed E-state index contributed by atoms with van der Waals surface area (Å²) in [6, 6.07) is 10.6. The van der Waals surface area contributed by atoms with Gasteiger partial charge in [-0.05, 0) is 43.9 Å². The molecule has 2 aromatic heterocycles. The second kappa shape index (κ2) is 8.06. The van der Waals surface area contributed by atoms with Gasteiger partial charge in [0.05, 0.1) is 10.5 Å². The van der Waals surface area contributed by atoms with E-state index in [1.165, 1.54) is 4.57 Å². The van der Waals surface area contributed by atoms with Gasteiger partial charge >= 0.3 is 5.76 Å². The Morgan fingerprint density at radius 1 is 1.21 bits per heavy atom. The van der Waals surface area contributed by atoms with Crippen LogP contribution < -0.4 is 15.8 Å². The predicted molar refractivity (Wildman–Crippen MR) is 105 cm³/mol. The fourth-order valence-corrected chi connectivity index (χ4v) is 3.62. The Balaban J connectivity index is 1.29. The Morgan fingerprint density at radius 3 is 2.75 bits per heavy atom. The van der Waals surface area contributed by atoms with E-state index in [1.807, 2.05) is 6.07 Å². The second-order valence-corrected chi connectivity index (χ2v) is 7.33. The average Bonchev–Trinajstić information content (AvgIpc) is 3.00. The zero-order chi connectivity index (χ0) is 19.5. The summed E-state index contributed by atoms with van der Waals surface area (Å²) in [5.41, 5.74) is 1.10. The number of oxazole rings is 1. The number of pyridine rings is 1. The van der Waals surface area contributed by atoms with Crippen LogP contribution in [-0.2, 0) is 11.3 Å². The number of carbonyl (C=O) groups is 1. The van der Waals surface area contributed by atoms with E-state index < -0.39 is 5.76 Å². The SMILES string of the molecule is O=C(Cn1c(=O)oc2ccccc21)NC1CCC(Oc2ccc(Cl)cn2)CC1. The lowest BCUT2D eigenvalue weighted by Crippen LogP contribution is -2.41. The maximum atomic E-state index is 12.4. The molecule has 1 N–H and O–H groups in total. The Morgan fingerprint density at radius 2 is 2.00 bits per heavy atom. The van der Waals surface area contributed by atoms with E-state index >= 15 is 0 Å². The first-order valence-electron chi connectivity index (χ1n) is 9.24. The maximum Gasteiger partial charge on any atom is 0.420 e. The highest BCUT2D eigenvalue weighted by Gasteiger charge is 2.24. The third-order valence-corrected chi connectivity index (χ3v) is 5.13. The third-order valence-electron chi connectivity index (χ3n) is 4.90. The van der Waals surface area contributed by atoms with Gasteiger partial charge in [0.15, 0.2) is 5.58 Å². The Bertz CT molecular complexity index is 1020. The Kier molecular flexibility index (Phi) is 5.34. The zero-order valence-electron chi connectivity index (χ0n) is 15.1. The molecule has 2 heterocycles. The summed E-state index contributed by atoms with van der Waals surface area (Å²) in [7, 11) is 0. The summed E-state index contributed by atoms with van der Waals surface area (Å²) in [6.07, 6.45) is 4.90. The number of nitrogens with one attached hydrogen (secondary N) is 1. The van der Waals surface area contributed by atoms with E-state index in [9.17, 15) is 9.59 Å². The molecule has 3 aromatic rings. The quantitative estimate of drug-likeness (QED) is 0.709. The fourth-order valence-electron chi connectivity index (χ4n) is 3.51. The van der Waals surface area contributed by atoms with Crippen molar-refractivity contribution in [3.63, 3.8) is 0 Å². The van der Waals surface area contributed by atoms with Gasteiger partial charge < -0.3 is 14.5 Å². The normalized spacial score (nSPS) is 19.5. The van der Waals surface area contributed by atoms with Crippen LogP contribution in [0.15, 0.2) is 51.8 Å². The van der Waals surface area contributed by atoms with Crippen molar-refractivity contribution < 1.29 is 13.9 Å². The molecule has 1 saturated carbocycles. The van der Waals surface area contributed by atoms with Gasteiger partial charge in [-0.25, -0.2) is 9.78 Å². The highest BCUT2D eigenvalue weighted by atomic mass is 35.5. The van der Waals surface area contributed by atoms with Gasteiger partial charge in [-0.2, -0.15) is 0 Å². The van der Waals surface area contributed by atoms with E-state index in [-0.39, 0.29) is 24.6 Å². The molecular weight excluding hydrogens is 382 g/mol. The van der Waals surface area contributed by atoms with Crippen LogP contribution in [0, 0.1) is 0 Å². The molecule has 0 saturated heterocycles. The van der Waals surface area contributed by atoms with Gasteiger partial charge in [0.25, 0.3) is 0 Å². The third kappa shape index (κ3) is 4.20. The molecular formula is C20H20ClN3O4. The molecule has 146 valence electrons. The molecule has 4 rings (SSSR count). The number of para-hydroxylation sites is 2. The summed E-state index contributed by atoms with van der Waals surface area (Å²) >= 11 is 5.83. The number of amides is 1. The van der Waals surface area contributed by atoms with Gasteiger partial charge in [0.1, 0.15) is 12.6 Å². The topological polar surface area (TPSA) is 86.4 Å². The van der Waals surface area contributed by atoms with Gasteiger partial charge in [-0.15, -0.1) is 0 Å². The van der Waals surface area contributed by atoms with E-state index in [0.29, 0.717) is 22.0 Å². The molecule has 28 heavy (non-hydrogen) atoms. The second-order valence-electron chi connectivity index (χ2n) is 6.90.